The van der Waals surface area contributed by atoms with Crippen LogP contribution in [0, 0.1) is 11.3 Å². The van der Waals surface area contributed by atoms with Crippen molar-refractivity contribution in [2.45, 2.75) is 0 Å². The van der Waals surface area contributed by atoms with Crippen LogP contribution in [0.1, 0.15) is 5.56 Å². The van der Waals surface area contributed by atoms with Crippen LogP contribution in [0.4, 0.5) is 0 Å². The Kier molecular flexibility index (Phi) is 2.40. The summed E-state index contributed by atoms with van der Waals surface area (Å²) in [7, 11) is 0. The molecule has 68 valence electrons. The van der Waals surface area contributed by atoms with Crippen LogP contribution >= 0.6 is 27.5 Å². The third-order valence-electron chi connectivity index (χ3n) is 1.85. The minimum absolute atomic E-state index is 0.514. The van der Waals surface area contributed by atoms with E-state index in [1.807, 2.05) is 6.07 Å². The van der Waals surface area contributed by atoms with Gasteiger partial charge in [-0.05, 0) is 40.2 Å². The normalized spacial score (nSPS) is 10.1. The van der Waals surface area contributed by atoms with Gasteiger partial charge in [0.1, 0.15) is 10.7 Å². The van der Waals surface area contributed by atoms with E-state index >= 15 is 0 Å². The van der Waals surface area contributed by atoms with E-state index in [2.05, 4.69) is 27.0 Å². The van der Waals surface area contributed by atoms with E-state index in [-0.39, 0.29) is 0 Å². The van der Waals surface area contributed by atoms with E-state index in [1.54, 1.807) is 18.2 Å². The summed E-state index contributed by atoms with van der Waals surface area (Å²) in [5.41, 5.74) is 1.33. The molecule has 0 amide bonds. The van der Waals surface area contributed by atoms with Gasteiger partial charge in [0.2, 0.25) is 0 Å². The molecule has 0 N–H and O–H groups in total. The highest BCUT2D eigenvalue weighted by molar-refractivity contribution is 9.10. The number of nitriles is 1. The molecule has 0 radical (unpaired) electrons. The SMILES string of the molecule is N#Cc1cc2cc(Cl)ccc2nc1Br. The van der Waals surface area contributed by atoms with Crippen LogP contribution in [0.2, 0.25) is 5.02 Å². The lowest BCUT2D eigenvalue weighted by molar-refractivity contribution is 1.32. The smallest absolute Gasteiger partial charge is 0.124 e. The second-order valence-electron chi connectivity index (χ2n) is 2.78. The first kappa shape index (κ1) is 9.45. The van der Waals surface area contributed by atoms with Gasteiger partial charge < -0.3 is 0 Å². The predicted molar refractivity (Wildman–Crippen MR) is 59.2 cm³/mol. The minimum Gasteiger partial charge on any atom is -0.239 e. The molecule has 2 rings (SSSR count). The number of halogens is 2. The van der Waals surface area contributed by atoms with Crippen LogP contribution in [0.3, 0.4) is 0 Å². The van der Waals surface area contributed by atoms with Gasteiger partial charge in [-0.25, -0.2) is 4.98 Å². The van der Waals surface area contributed by atoms with Crippen LogP contribution in [-0.2, 0) is 0 Å². The van der Waals surface area contributed by atoms with Crippen molar-refractivity contribution in [3.05, 3.63) is 39.5 Å². The van der Waals surface area contributed by atoms with Crippen LogP contribution in [0.15, 0.2) is 28.9 Å². The third kappa shape index (κ3) is 1.59. The molecule has 0 fully saturated rings. The molecule has 0 aliphatic heterocycles. The van der Waals surface area contributed by atoms with Gasteiger partial charge in [-0.15, -0.1) is 0 Å². The Hall–Kier alpha value is -1.11. The van der Waals surface area contributed by atoms with E-state index in [1.165, 1.54) is 0 Å². The van der Waals surface area contributed by atoms with Gasteiger partial charge in [0.15, 0.2) is 0 Å². The van der Waals surface area contributed by atoms with Crippen molar-refractivity contribution in [1.82, 2.24) is 4.98 Å². The fourth-order valence-corrected chi connectivity index (χ4v) is 1.78. The van der Waals surface area contributed by atoms with Crippen molar-refractivity contribution < 1.29 is 0 Å². The number of hydrogen-bond acceptors (Lipinski definition) is 2. The van der Waals surface area contributed by atoms with E-state index in [9.17, 15) is 0 Å². The van der Waals surface area contributed by atoms with Crippen molar-refractivity contribution in [2.24, 2.45) is 0 Å². The van der Waals surface area contributed by atoms with Crippen molar-refractivity contribution in [3.8, 4) is 6.07 Å². The molecule has 0 saturated heterocycles. The maximum absolute atomic E-state index is 8.79. The zero-order valence-electron chi connectivity index (χ0n) is 6.96. The molecule has 2 nitrogen and oxygen atoms in total. The summed E-state index contributed by atoms with van der Waals surface area (Å²) in [5, 5.41) is 10.3. The second kappa shape index (κ2) is 3.56. The number of fused-ring (bicyclic) bond motifs is 1. The molecule has 2 aromatic rings. The number of hydrogen-bond donors (Lipinski definition) is 0. The lowest BCUT2D eigenvalue weighted by Gasteiger charge is -2.00. The molecule has 0 spiro atoms. The summed E-state index contributed by atoms with van der Waals surface area (Å²) in [4.78, 5) is 4.22. The Labute approximate surface area is 94.3 Å². The Balaban J connectivity index is 2.82. The largest absolute Gasteiger partial charge is 0.239 e. The zero-order chi connectivity index (χ0) is 10.1. The molecule has 0 bridgehead atoms. The molecule has 0 aliphatic rings. The topological polar surface area (TPSA) is 36.7 Å². The standard InChI is InChI=1S/C10H4BrClN2/c11-10-7(5-13)3-6-4-8(12)1-2-9(6)14-10/h1-4H. The van der Waals surface area contributed by atoms with Crippen LogP contribution in [0.25, 0.3) is 10.9 Å². The van der Waals surface area contributed by atoms with Crippen LogP contribution in [0.5, 0.6) is 0 Å². The Bertz CT molecular complexity index is 546. The van der Waals surface area contributed by atoms with E-state index in [4.69, 9.17) is 16.9 Å². The summed E-state index contributed by atoms with van der Waals surface area (Å²) in [5.74, 6) is 0. The number of rotatable bonds is 0. The van der Waals surface area contributed by atoms with Crippen LogP contribution < -0.4 is 0 Å². The zero-order valence-corrected chi connectivity index (χ0v) is 9.30. The lowest BCUT2D eigenvalue weighted by Crippen LogP contribution is -1.85. The van der Waals surface area contributed by atoms with Gasteiger partial charge >= 0.3 is 0 Å². The van der Waals surface area contributed by atoms with Crippen molar-refractivity contribution in [3.63, 3.8) is 0 Å². The monoisotopic (exact) mass is 266 g/mol. The van der Waals surface area contributed by atoms with Gasteiger partial charge in [0, 0.05) is 10.4 Å². The second-order valence-corrected chi connectivity index (χ2v) is 3.96. The maximum Gasteiger partial charge on any atom is 0.124 e. The number of nitrogens with zero attached hydrogens (tertiary/aromatic N) is 2. The summed E-state index contributed by atoms with van der Waals surface area (Å²) < 4.78 is 0.565. The minimum atomic E-state index is 0.514. The molecule has 0 saturated carbocycles. The van der Waals surface area contributed by atoms with Gasteiger partial charge in [-0.2, -0.15) is 5.26 Å². The Morgan fingerprint density at radius 3 is 2.86 bits per heavy atom. The Morgan fingerprint density at radius 1 is 1.36 bits per heavy atom. The first-order chi connectivity index (χ1) is 6.70. The van der Waals surface area contributed by atoms with Gasteiger partial charge in [-0.3, -0.25) is 0 Å². The van der Waals surface area contributed by atoms with Crippen molar-refractivity contribution >= 4 is 38.4 Å². The van der Waals surface area contributed by atoms with Crippen molar-refractivity contribution in [1.29, 1.82) is 5.26 Å². The summed E-state index contributed by atoms with van der Waals surface area (Å²) in [6, 6.07) is 9.20. The lowest BCUT2D eigenvalue weighted by atomic mass is 10.2. The number of benzene rings is 1. The summed E-state index contributed by atoms with van der Waals surface area (Å²) in [6.07, 6.45) is 0. The highest BCUT2D eigenvalue weighted by Gasteiger charge is 2.03. The first-order valence-corrected chi connectivity index (χ1v) is 5.04. The summed E-state index contributed by atoms with van der Waals surface area (Å²) in [6.45, 7) is 0. The number of pyridine rings is 1. The highest BCUT2D eigenvalue weighted by Crippen LogP contribution is 2.22. The number of aromatic nitrogens is 1. The molecule has 1 aromatic carbocycles. The molecule has 0 aliphatic carbocycles. The quantitative estimate of drug-likeness (QED) is 0.685. The molecule has 4 heteroatoms. The molecule has 1 aromatic heterocycles. The summed E-state index contributed by atoms with van der Waals surface area (Å²) >= 11 is 9.06. The van der Waals surface area contributed by atoms with Gasteiger partial charge in [-0.1, -0.05) is 11.6 Å². The molecule has 0 unspecified atom stereocenters. The van der Waals surface area contributed by atoms with Gasteiger partial charge in [0.05, 0.1) is 11.1 Å². The molecule has 0 atom stereocenters. The predicted octanol–water partition coefficient (Wildman–Crippen LogP) is 3.52. The molecular formula is C10H4BrClN2. The highest BCUT2D eigenvalue weighted by atomic mass is 79.9. The molecule has 14 heavy (non-hydrogen) atoms. The van der Waals surface area contributed by atoms with Gasteiger partial charge in [0.25, 0.3) is 0 Å². The Morgan fingerprint density at radius 2 is 2.14 bits per heavy atom. The van der Waals surface area contributed by atoms with E-state index in [0.717, 1.165) is 10.9 Å². The van der Waals surface area contributed by atoms with Crippen molar-refractivity contribution in [2.75, 3.05) is 0 Å². The molecule has 1 heterocycles. The third-order valence-corrected chi connectivity index (χ3v) is 2.69. The molecular weight excluding hydrogens is 263 g/mol. The fourth-order valence-electron chi connectivity index (χ4n) is 1.20. The maximum atomic E-state index is 8.79. The van der Waals surface area contributed by atoms with E-state index in [0.29, 0.717) is 15.2 Å². The average Bonchev–Trinajstić information content (AvgIpc) is 2.17. The first-order valence-electron chi connectivity index (χ1n) is 3.86. The fraction of sp³-hybridized carbons (Fsp3) is 0. The van der Waals surface area contributed by atoms with E-state index < -0.39 is 0 Å². The average molecular weight is 268 g/mol. The van der Waals surface area contributed by atoms with Crippen LogP contribution in [-0.4, -0.2) is 4.98 Å².